The van der Waals surface area contributed by atoms with Crippen molar-refractivity contribution in [3.63, 3.8) is 0 Å². The first-order valence-electron chi connectivity index (χ1n) is 3.77. The molecule has 0 aromatic heterocycles. The fourth-order valence-corrected chi connectivity index (χ4v) is 1.57. The molecule has 0 aromatic carbocycles. The topological polar surface area (TPSA) is 70.0 Å². The summed E-state index contributed by atoms with van der Waals surface area (Å²) in [5, 5.41) is 9.36. The first-order chi connectivity index (χ1) is 5.70. The molecule has 6 heteroatoms. The molecule has 2 atom stereocenters. The van der Waals surface area contributed by atoms with Crippen LogP contribution in [0.4, 0.5) is 0 Å². The molecule has 1 rings (SSSR count). The van der Waals surface area contributed by atoms with Gasteiger partial charge < -0.3 is 14.4 Å². The first-order valence-corrected chi connectivity index (χ1v) is 5.05. The highest BCUT2D eigenvalue weighted by Gasteiger charge is 2.19. The molecule has 1 fully saturated rings. The van der Waals surface area contributed by atoms with E-state index in [9.17, 15) is 9.32 Å². The summed E-state index contributed by atoms with van der Waals surface area (Å²) in [4.78, 5) is 1.73. The van der Waals surface area contributed by atoms with Gasteiger partial charge in [-0.2, -0.15) is 0 Å². The lowest BCUT2D eigenvalue weighted by atomic mass is 10.4. The van der Waals surface area contributed by atoms with Gasteiger partial charge in [-0.15, -0.1) is 0 Å². The van der Waals surface area contributed by atoms with Crippen molar-refractivity contribution in [2.75, 3.05) is 32.1 Å². The molecule has 1 aliphatic rings. The molecule has 1 aliphatic heterocycles. The van der Waals surface area contributed by atoms with E-state index in [2.05, 4.69) is 0 Å². The molecular formula is C6H13NO4S. The maximum absolute atomic E-state index is 10.3. The van der Waals surface area contributed by atoms with Gasteiger partial charge in [0.1, 0.15) is 6.23 Å². The predicted molar refractivity (Wildman–Crippen MR) is 44.0 cm³/mol. The van der Waals surface area contributed by atoms with Crippen LogP contribution in [0.25, 0.3) is 0 Å². The fourth-order valence-electron chi connectivity index (χ4n) is 1.11. The van der Waals surface area contributed by atoms with E-state index in [0.717, 1.165) is 0 Å². The fraction of sp³-hybridized carbons (Fsp3) is 1.00. The van der Waals surface area contributed by atoms with Crippen molar-refractivity contribution in [1.29, 1.82) is 0 Å². The van der Waals surface area contributed by atoms with Gasteiger partial charge in [0.2, 0.25) is 0 Å². The summed E-state index contributed by atoms with van der Waals surface area (Å²) in [6.45, 7) is 2.40. The van der Waals surface area contributed by atoms with Gasteiger partial charge in [-0.3, -0.25) is 4.90 Å². The van der Waals surface area contributed by atoms with Gasteiger partial charge in [-0.05, 0) is 0 Å². The lowest BCUT2D eigenvalue weighted by molar-refractivity contribution is -0.0475. The van der Waals surface area contributed by atoms with Crippen LogP contribution in [-0.4, -0.2) is 57.1 Å². The van der Waals surface area contributed by atoms with Crippen molar-refractivity contribution in [1.82, 2.24) is 4.90 Å². The van der Waals surface area contributed by atoms with E-state index in [1.54, 1.807) is 4.90 Å². The molecule has 1 heterocycles. The Morgan fingerprint density at radius 2 is 2.08 bits per heavy atom. The van der Waals surface area contributed by atoms with Gasteiger partial charge in [-0.1, -0.05) is 0 Å². The van der Waals surface area contributed by atoms with E-state index in [1.165, 1.54) is 0 Å². The maximum Gasteiger partial charge on any atom is 0.156 e. The van der Waals surface area contributed by atoms with Crippen LogP contribution in [0.2, 0.25) is 0 Å². The second-order valence-corrected chi connectivity index (χ2v) is 3.59. The molecule has 12 heavy (non-hydrogen) atoms. The Kier molecular flexibility index (Phi) is 4.10. The summed E-state index contributed by atoms with van der Waals surface area (Å²) in [5.74, 6) is -0.111. The standard InChI is InChI=1S/C6H13NO4S/c8-6(5-12(9)10)7-1-3-11-4-2-7/h6,8H,1-5H2,(H,9,10). The summed E-state index contributed by atoms with van der Waals surface area (Å²) in [6.07, 6.45) is -0.820. The monoisotopic (exact) mass is 195 g/mol. The number of aliphatic hydroxyl groups excluding tert-OH is 1. The first kappa shape index (κ1) is 10.1. The number of hydrogen-bond acceptors (Lipinski definition) is 4. The zero-order chi connectivity index (χ0) is 8.97. The number of ether oxygens (including phenoxy) is 1. The normalized spacial score (nSPS) is 25.2. The molecule has 0 radical (unpaired) electrons. The average Bonchev–Trinajstić information content (AvgIpc) is 2.05. The van der Waals surface area contributed by atoms with Gasteiger partial charge in [0, 0.05) is 13.1 Å². The van der Waals surface area contributed by atoms with Crippen molar-refractivity contribution in [2.45, 2.75) is 6.23 Å². The summed E-state index contributed by atoms with van der Waals surface area (Å²) in [7, 11) is 0. The van der Waals surface area contributed by atoms with Crippen LogP contribution in [0.3, 0.4) is 0 Å². The van der Waals surface area contributed by atoms with Crippen molar-refractivity contribution in [2.24, 2.45) is 0 Å². The van der Waals surface area contributed by atoms with Gasteiger partial charge in [0.15, 0.2) is 11.1 Å². The number of hydrogen-bond donors (Lipinski definition) is 2. The Labute approximate surface area is 73.6 Å². The van der Waals surface area contributed by atoms with Crippen LogP contribution >= 0.6 is 0 Å². The van der Waals surface area contributed by atoms with Gasteiger partial charge >= 0.3 is 0 Å². The quantitative estimate of drug-likeness (QED) is 0.557. The van der Waals surface area contributed by atoms with Crippen molar-refractivity contribution in [3.05, 3.63) is 0 Å². The minimum Gasteiger partial charge on any atom is -0.379 e. The molecule has 0 aliphatic carbocycles. The van der Waals surface area contributed by atoms with Crippen LogP contribution in [0.15, 0.2) is 0 Å². The Morgan fingerprint density at radius 3 is 2.58 bits per heavy atom. The average molecular weight is 195 g/mol. The summed E-state index contributed by atoms with van der Waals surface area (Å²) >= 11 is -1.93. The molecule has 0 saturated carbocycles. The Balaban J connectivity index is 2.29. The third-order valence-corrected chi connectivity index (χ3v) is 2.34. The van der Waals surface area contributed by atoms with E-state index in [4.69, 9.17) is 9.29 Å². The zero-order valence-corrected chi connectivity index (χ0v) is 7.50. The predicted octanol–water partition coefficient (Wildman–Crippen LogP) is -1.14. The van der Waals surface area contributed by atoms with E-state index in [-0.39, 0.29) is 5.75 Å². The largest absolute Gasteiger partial charge is 0.379 e. The van der Waals surface area contributed by atoms with E-state index >= 15 is 0 Å². The molecule has 1 saturated heterocycles. The molecule has 72 valence electrons. The molecule has 5 nitrogen and oxygen atoms in total. The third-order valence-electron chi connectivity index (χ3n) is 1.76. The summed E-state index contributed by atoms with van der Waals surface area (Å²) in [6, 6.07) is 0. The maximum atomic E-state index is 10.3. The van der Waals surface area contributed by atoms with Crippen LogP contribution in [0.5, 0.6) is 0 Å². The highest BCUT2D eigenvalue weighted by Crippen LogP contribution is 2.01. The van der Waals surface area contributed by atoms with Gasteiger partial charge in [0.25, 0.3) is 0 Å². The summed E-state index contributed by atoms with van der Waals surface area (Å²) < 4.78 is 23.9. The van der Waals surface area contributed by atoms with Crippen LogP contribution in [-0.2, 0) is 15.8 Å². The molecule has 2 unspecified atom stereocenters. The van der Waals surface area contributed by atoms with Crippen molar-refractivity contribution < 1.29 is 18.6 Å². The lowest BCUT2D eigenvalue weighted by Gasteiger charge is -2.30. The highest BCUT2D eigenvalue weighted by atomic mass is 32.2. The second-order valence-electron chi connectivity index (χ2n) is 2.62. The molecule has 0 amide bonds. The number of rotatable bonds is 3. The van der Waals surface area contributed by atoms with Crippen LogP contribution < -0.4 is 0 Å². The van der Waals surface area contributed by atoms with Crippen LogP contribution in [0.1, 0.15) is 0 Å². The van der Waals surface area contributed by atoms with Gasteiger partial charge in [0.05, 0.1) is 19.0 Å². The second kappa shape index (κ2) is 4.88. The Hall–Kier alpha value is -0.0100. The molecule has 0 aromatic rings. The molecule has 0 bridgehead atoms. The molecular weight excluding hydrogens is 182 g/mol. The van der Waals surface area contributed by atoms with E-state index < -0.39 is 17.3 Å². The number of morpholine rings is 1. The van der Waals surface area contributed by atoms with Crippen molar-refractivity contribution >= 4 is 11.1 Å². The third kappa shape index (κ3) is 3.16. The molecule has 2 N–H and O–H groups in total. The minimum absolute atomic E-state index is 0.111. The van der Waals surface area contributed by atoms with E-state index in [0.29, 0.717) is 26.3 Å². The van der Waals surface area contributed by atoms with Crippen molar-refractivity contribution in [3.8, 4) is 0 Å². The lowest BCUT2D eigenvalue weighted by Crippen LogP contribution is -2.45. The highest BCUT2D eigenvalue weighted by molar-refractivity contribution is 7.79. The SMILES string of the molecule is O=S(O)CC(O)N1CCOCC1. The Morgan fingerprint density at radius 1 is 1.50 bits per heavy atom. The van der Waals surface area contributed by atoms with Gasteiger partial charge in [-0.25, -0.2) is 4.21 Å². The van der Waals surface area contributed by atoms with Crippen LogP contribution in [0, 0.1) is 0 Å². The Bertz CT molecular complexity index is 160. The zero-order valence-electron chi connectivity index (χ0n) is 6.68. The minimum atomic E-state index is -1.93. The summed E-state index contributed by atoms with van der Waals surface area (Å²) in [5.41, 5.74) is 0. The number of nitrogens with zero attached hydrogens (tertiary/aromatic N) is 1. The smallest absolute Gasteiger partial charge is 0.156 e. The number of aliphatic hydroxyl groups is 1. The molecule has 0 spiro atoms. The van der Waals surface area contributed by atoms with E-state index in [1.807, 2.05) is 0 Å².